The zero-order valence-corrected chi connectivity index (χ0v) is 5.86. The number of nitrogens with one attached hydrogen (secondary N) is 1. The molecular formula is C7H14FN. The summed E-state index contributed by atoms with van der Waals surface area (Å²) in [6, 6.07) is 0.604. The Bertz CT molecular complexity index is 77.0. The van der Waals surface area contributed by atoms with E-state index in [0.29, 0.717) is 12.0 Å². The standard InChI is InChI=1S/C7H14FN/c1-6-2-3-7(4-8)5-9-6/h6-7,9H,2-5H2,1H3. The van der Waals surface area contributed by atoms with Gasteiger partial charge in [0, 0.05) is 12.6 Å². The van der Waals surface area contributed by atoms with E-state index in [4.69, 9.17) is 0 Å². The minimum absolute atomic E-state index is 0.153. The molecule has 1 aliphatic rings. The van der Waals surface area contributed by atoms with Crippen molar-refractivity contribution in [3.05, 3.63) is 0 Å². The maximum Gasteiger partial charge on any atom is 0.0934 e. The molecule has 9 heavy (non-hydrogen) atoms. The molecule has 1 heterocycles. The number of hydrogen-bond acceptors (Lipinski definition) is 1. The van der Waals surface area contributed by atoms with Crippen LogP contribution in [0.25, 0.3) is 0 Å². The number of hydrogen-bond donors (Lipinski definition) is 1. The second-order valence-electron chi connectivity index (χ2n) is 2.91. The van der Waals surface area contributed by atoms with Crippen LogP contribution in [0.15, 0.2) is 0 Å². The number of rotatable bonds is 1. The average Bonchev–Trinajstić information content (AvgIpc) is 1.90. The summed E-state index contributed by atoms with van der Waals surface area (Å²) >= 11 is 0. The Kier molecular flexibility index (Phi) is 2.46. The summed E-state index contributed by atoms with van der Waals surface area (Å²) in [6.07, 6.45) is 2.19. The Labute approximate surface area is 55.6 Å². The van der Waals surface area contributed by atoms with E-state index in [-0.39, 0.29) is 6.67 Å². The minimum atomic E-state index is -0.153. The van der Waals surface area contributed by atoms with Crippen LogP contribution in [0.1, 0.15) is 19.8 Å². The highest BCUT2D eigenvalue weighted by Crippen LogP contribution is 2.13. The van der Waals surface area contributed by atoms with Crippen LogP contribution in [-0.2, 0) is 0 Å². The van der Waals surface area contributed by atoms with Crippen LogP contribution < -0.4 is 5.32 Å². The molecule has 1 fully saturated rings. The van der Waals surface area contributed by atoms with Crippen molar-refractivity contribution in [2.24, 2.45) is 5.92 Å². The van der Waals surface area contributed by atoms with Crippen LogP contribution in [0.3, 0.4) is 0 Å². The summed E-state index contributed by atoms with van der Waals surface area (Å²) in [5, 5.41) is 3.24. The van der Waals surface area contributed by atoms with Crippen LogP contribution in [0.5, 0.6) is 0 Å². The van der Waals surface area contributed by atoms with Crippen LogP contribution in [0.4, 0.5) is 4.39 Å². The van der Waals surface area contributed by atoms with Gasteiger partial charge in [-0.05, 0) is 25.7 Å². The molecule has 0 aromatic heterocycles. The van der Waals surface area contributed by atoms with Crippen LogP contribution in [-0.4, -0.2) is 19.3 Å². The van der Waals surface area contributed by atoms with E-state index in [1.807, 2.05) is 0 Å². The molecule has 1 aliphatic heterocycles. The first-order chi connectivity index (χ1) is 4.33. The Hall–Kier alpha value is -0.110. The van der Waals surface area contributed by atoms with Crippen LogP contribution in [0.2, 0.25) is 0 Å². The summed E-state index contributed by atoms with van der Waals surface area (Å²) in [7, 11) is 0. The van der Waals surface area contributed by atoms with Crippen LogP contribution in [0, 0.1) is 5.92 Å². The van der Waals surface area contributed by atoms with Crippen molar-refractivity contribution in [3.8, 4) is 0 Å². The molecule has 1 saturated heterocycles. The van der Waals surface area contributed by atoms with Gasteiger partial charge in [0.05, 0.1) is 6.67 Å². The number of alkyl halides is 1. The van der Waals surface area contributed by atoms with Gasteiger partial charge in [-0.1, -0.05) is 0 Å². The van der Waals surface area contributed by atoms with Gasteiger partial charge in [-0.2, -0.15) is 0 Å². The molecule has 2 unspecified atom stereocenters. The minimum Gasteiger partial charge on any atom is -0.314 e. The predicted octanol–water partition coefficient (Wildman–Crippen LogP) is 1.34. The SMILES string of the molecule is CC1CCC(CF)CN1. The molecule has 1 N–H and O–H groups in total. The Morgan fingerprint density at radius 1 is 1.56 bits per heavy atom. The molecule has 0 saturated carbocycles. The Morgan fingerprint density at radius 2 is 2.33 bits per heavy atom. The van der Waals surface area contributed by atoms with Gasteiger partial charge >= 0.3 is 0 Å². The lowest BCUT2D eigenvalue weighted by Gasteiger charge is -2.25. The summed E-state index contributed by atoms with van der Waals surface area (Å²) in [6.45, 7) is 2.87. The zero-order chi connectivity index (χ0) is 6.69. The topological polar surface area (TPSA) is 12.0 Å². The molecule has 1 rings (SSSR count). The summed E-state index contributed by atoms with van der Waals surface area (Å²) < 4.78 is 12.0. The third kappa shape index (κ3) is 1.94. The second kappa shape index (κ2) is 3.16. The van der Waals surface area contributed by atoms with Gasteiger partial charge in [0.25, 0.3) is 0 Å². The molecule has 0 spiro atoms. The molecule has 0 aromatic rings. The van der Waals surface area contributed by atoms with Gasteiger partial charge in [0.2, 0.25) is 0 Å². The van der Waals surface area contributed by atoms with Gasteiger partial charge in [0.1, 0.15) is 0 Å². The first-order valence-corrected chi connectivity index (χ1v) is 3.62. The van der Waals surface area contributed by atoms with E-state index in [0.717, 1.165) is 19.4 Å². The molecule has 0 aliphatic carbocycles. The van der Waals surface area contributed by atoms with Crippen molar-refractivity contribution < 1.29 is 4.39 Å². The molecule has 0 bridgehead atoms. The van der Waals surface area contributed by atoms with Crippen molar-refractivity contribution >= 4 is 0 Å². The largest absolute Gasteiger partial charge is 0.314 e. The third-order valence-electron chi connectivity index (χ3n) is 1.98. The Morgan fingerprint density at radius 3 is 2.78 bits per heavy atom. The van der Waals surface area contributed by atoms with E-state index < -0.39 is 0 Å². The average molecular weight is 131 g/mol. The summed E-state index contributed by atoms with van der Waals surface area (Å²) in [5.74, 6) is 0.293. The molecule has 1 nitrogen and oxygen atoms in total. The van der Waals surface area contributed by atoms with Gasteiger partial charge in [-0.15, -0.1) is 0 Å². The van der Waals surface area contributed by atoms with E-state index in [2.05, 4.69) is 12.2 Å². The molecule has 2 atom stereocenters. The summed E-state index contributed by atoms with van der Waals surface area (Å²) in [4.78, 5) is 0. The van der Waals surface area contributed by atoms with E-state index in [1.165, 1.54) is 0 Å². The van der Waals surface area contributed by atoms with Crippen molar-refractivity contribution in [3.63, 3.8) is 0 Å². The van der Waals surface area contributed by atoms with Crippen molar-refractivity contribution in [1.82, 2.24) is 5.32 Å². The van der Waals surface area contributed by atoms with E-state index >= 15 is 0 Å². The molecule has 0 aromatic carbocycles. The number of piperidine rings is 1. The fourth-order valence-corrected chi connectivity index (χ4v) is 1.19. The monoisotopic (exact) mass is 131 g/mol. The van der Waals surface area contributed by atoms with Crippen molar-refractivity contribution in [1.29, 1.82) is 0 Å². The molecule has 54 valence electrons. The normalized spacial score (nSPS) is 36.7. The highest BCUT2D eigenvalue weighted by atomic mass is 19.1. The lowest BCUT2D eigenvalue weighted by atomic mass is 9.97. The fourth-order valence-electron chi connectivity index (χ4n) is 1.19. The number of halogens is 1. The molecule has 2 heteroatoms. The maximum absolute atomic E-state index is 12.0. The molecule has 0 amide bonds. The second-order valence-corrected chi connectivity index (χ2v) is 2.91. The smallest absolute Gasteiger partial charge is 0.0934 e. The van der Waals surface area contributed by atoms with Crippen LogP contribution >= 0.6 is 0 Å². The first-order valence-electron chi connectivity index (χ1n) is 3.62. The predicted molar refractivity (Wildman–Crippen MR) is 36.2 cm³/mol. The maximum atomic E-state index is 12.0. The highest BCUT2D eigenvalue weighted by Gasteiger charge is 2.16. The molecule has 0 radical (unpaired) electrons. The van der Waals surface area contributed by atoms with Gasteiger partial charge in [-0.25, -0.2) is 0 Å². The third-order valence-corrected chi connectivity index (χ3v) is 1.98. The molecular weight excluding hydrogens is 117 g/mol. The lowest BCUT2D eigenvalue weighted by molar-refractivity contribution is 0.266. The van der Waals surface area contributed by atoms with E-state index in [9.17, 15) is 4.39 Å². The quantitative estimate of drug-likeness (QED) is 0.566. The Balaban J connectivity index is 2.18. The van der Waals surface area contributed by atoms with Gasteiger partial charge in [0.15, 0.2) is 0 Å². The highest BCUT2D eigenvalue weighted by molar-refractivity contribution is 4.73. The fraction of sp³-hybridized carbons (Fsp3) is 1.00. The van der Waals surface area contributed by atoms with E-state index in [1.54, 1.807) is 0 Å². The first kappa shape index (κ1) is 7.00. The lowest BCUT2D eigenvalue weighted by Crippen LogP contribution is -2.37. The van der Waals surface area contributed by atoms with Gasteiger partial charge in [-0.3, -0.25) is 4.39 Å². The summed E-state index contributed by atoms with van der Waals surface area (Å²) in [5.41, 5.74) is 0. The van der Waals surface area contributed by atoms with Gasteiger partial charge < -0.3 is 5.32 Å². The zero-order valence-electron chi connectivity index (χ0n) is 5.86. The van der Waals surface area contributed by atoms with Crippen molar-refractivity contribution in [2.45, 2.75) is 25.8 Å². The van der Waals surface area contributed by atoms with Crippen molar-refractivity contribution in [2.75, 3.05) is 13.2 Å².